The number of hydrogen-bond acceptors (Lipinski definition) is 6. The second-order valence-electron chi connectivity index (χ2n) is 8.60. The molecule has 1 N–H and O–H groups in total. The molecule has 0 saturated carbocycles. The van der Waals surface area contributed by atoms with Gasteiger partial charge in [-0.2, -0.15) is 5.10 Å². The number of ether oxygens (including phenoxy) is 1. The largest absolute Gasteiger partial charge is 0.392 e. The van der Waals surface area contributed by atoms with Gasteiger partial charge in [0.05, 0.1) is 31.6 Å². The van der Waals surface area contributed by atoms with E-state index in [1.54, 1.807) is 24.3 Å². The van der Waals surface area contributed by atoms with Crippen LogP contribution in [0.1, 0.15) is 28.8 Å². The Bertz CT molecular complexity index is 1220. The highest BCUT2D eigenvalue weighted by Gasteiger charge is 2.17. The number of halogens is 2. The number of ketones is 1. The Morgan fingerprint density at radius 1 is 1.06 bits per heavy atom. The molecule has 3 aromatic rings. The van der Waals surface area contributed by atoms with Crippen LogP contribution in [0.2, 0.25) is 0 Å². The second kappa shape index (κ2) is 11.4. The van der Waals surface area contributed by atoms with E-state index < -0.39 is 17.7 Å². The second-order valence-corrected chi connectivity index (χ2v) is 8.60. The summed E-state index contributed by atoms with van der Waals surface area (Å²) in [6.07, 6.45) is -0.0417. The molecule has 35 heavy (non-hydrogen) atoms. The van der Waals surface area contributed by atoms with E-state index in [1.165, 1.54) is 16.8 Å². The molecule has 0 bridgehead atoms. The molecule has 2 heterocycles. The highest BCUT2D eigenvalue weighted by molar-refractivity contribution is 5.96. The quantitative estimate of drug-likeness (QED) is 0.471. The summed E-state index contributed by atoms with van der Waals surface area (Å²) in [7, 11) is 0. The predicted octanol–water partition coefficient (Wildman–Crippen LogP) is 2.89. The number of nitrogens with zero attached hydrogens (tertiary/aromatic N) is 3. The summed E-state index contributed by atoms with van der Waals surface area (Å²) in [4.78, 5) is 27.2. The molecular formula is C26H27F2N3O4. The Balaban J connectivity index is 1.41. The Morgan fingerprint density at radius 3 is 2.54 bits per heavy atom. The van der Waals surface area contributed by atoms with E-state index in [0.29, 0.717) is 37.3 Å². The molecule has 0 radical (unpaired) electrons. The summed E-state index contributed by atoms with van der Waals surface area (Å²) in [5.74, 6) is -1.57. The van der Waals surface area contributed by atoms with Crippen molar-refractivity contribution in [3.8, 4) is 11.3 Å². The zero-order valence-corrected chi connectivity index (χ0v) is 19.2. The van der Waals surface area contributed by atoms with Crippen LogP contribution < -0.4 is 5.56 Å². The van der Waals surface area contributed by atoms with Crippen LogP contribution >= 0.6 is 0 Å². The van der Waals surface area contributed by atoms with E-state index in [9.17, 15) is 23.5 Å². The molecule has 0 aliphatic carbocycles. The fraction of sp³-hybridized carbons (Fsp3) is 0.346. The van der Waals surface area contributed by atoms with Crippen molar-refractivity contribution in [1.82, 2.24) is 14.7 Å². The molecule has 1 aliphatic heterocycles. The molecule has 184 valence electrons. The topological polar surface area (TPSA) is 84.7 Å². The van der Waals surface area contributed by atoms with E-state index in [4.69, 9.17) is 4.74 Å². The smallest absolute Gasteiger partial charge is 0.267 e. The van der Waals surface area contributed by atoms with Gasteiger partial charge in [-0.05, 0) is 36.2 Å². The van der Waals surface area contributed by atoms with Crippen molar-refractivity contribution in [3.05, 3.63) is 87.7 Å². The number of hydrogen-bond donors (Lipinski definition) is 1. The van der Waals surface area contributed by atoms with Crippen LogP contribution in [0.3, 0.4) is 0 Å². The molecule has 2 aromatic carbocycles. The number of rotatable bonds is 9. The summed E-state index contributed by atoms with van der Waals surface area (Å²) < 4.78 is 33.7. The molecule has 1 aromatic heterocycles. The number of aliphatic hydroxyl groups is 1. The molecule has 0 amide bonds. The van der Waals surface area contributed by atoms with Gasteiger partial charge in [0.1, 0.15) is 11.6 Å². The minimum Gasteiger partial charge on any atom is -0.392 e. The van der Waals surface area contributed by atoms with E-state index >= 15 is 0 Å². The Hall–Kier alpha value is -3.27. The van der Waals surface area contributed by atoms with Crippen LogP contribution in [0.15, 0.2) is 59.4 Å². The van der Waals surface area contributed by atoms with Crippen LogP contribution in [0.4, 0.5) is 8.78 Å². The number of Topliss-reactive ketones (excluding diaryl/α,β-unsaturated/α-hetero) is 1. The Labute approximate surface area is 201 Å². The van der Waals surface area contributed by atoms with Crippen LogP contribution in [-0.2, 0) is 11.3 Å². The standard InChI is InChI=1S/C26H27F2N3O4/c27-21-13-20(14-22(28)15-21)24-5-7-26(34)31(29-24)16-18-2-1-3-19(12-18)25(33)6-4-23(32)17-30-8-10-35-11-9-30/h1-3,5,7,12-15,23,32H,4,6,8-11,16-17H2. The number of morpholine rings is 1. The summed E-state index contributed by atoms with van der Waals surface area (Å²) in [6, 6.07) is 12.6. The van der Waals surface area contributed by atoms with Crippen molar-refractivity contribution < 1.29 is 23.4 Å². The van der Waals surface area contributed by atoms with Gasteiger partial charge in [-0.25, -0.2) is 13.5 Å². The number of aliphatic hydroxyl groups excluding tert-OH is 1. The van der Waals surface area contributed by atoms with E-state index in [2.05, 4.69) is 10.00 Å². The normalized spacial score (nSPS) is 15.2. The minimum atomic E-state index is -0.735. The first-order chi connectivity index (χ1) is 16.9. The summed E-state index contributed by atoms with van der Waals surface area (Å²) in [5, 5.41) is 14.6. The minimum absolute atomic E-state index is 0.0885. The molecule has 1 aliphatic rings. The Morgan fingerprint density at radius 2 is 1.80 bits per heavy atom. The van der Waals surface area contributed by atoms with Crippen LogP contribution in [0.25, 0.3) is 11.3 Å². The van der Waals surface area contributed by atoms with Gasteiger partial charge in [0.25, 0.3) is 5.56 Å². The molecule has 7 nitrogen and oxygen atoms in total. The monoisotopic (exact) mass is 483 g/mol. The molecular weight excluding hydrogens is 456 g/mol. The Kier molecular flexibility index (Phi) is 8.12. The van der Waals surface area contributed by atoms with Crippen LogP contribution in [-0.4, -0.2) is 64.5 Å². The first kappa shape index (κ1) is 24.8. The fourth-order valence-corrected chi connectivity index (χ4v) is 4.05. The fourth-order valence-electron chi connectivity index (χ4n) is 4.05. The molecule has 1 atom stereocenters. The summed E-state index contributed by atoms with van der Waals surface area (Å²) in [5.41, 5.74) is 1.26. The third-order valence-electron chi connectivity index (χ3n) is 5.88. The molecule has 1 unspecified atom stereocenters. The highest BCUT2D eigenvalue weighted by Crippen LogP contribution is 2.19. The van der Waals surface area contributed by atoms with Crippen molar-refractivity contribution in [2.24, 2.45) is 0 Å². The lowest BCUT2D eigenvalue weighted by molar-refractivity contribution is 0.0129. The van der Waals surface area contributed by atoms with Crippen molar-refractivity contribution in [2.45, 2.75) is 25.5 Å². The van der Waals surface area contributed by atoms with E-state index in [0.717, 1.165) is 31.3 Å². The predicted molar refractivity (Wildman–Crippen MR) is 126 cm³/mol. The van der Waals surface area contributed by atoms with Crippen molar-refractivity contribution in [2.75, 3.05) is 32.8 Å². The number of carbonyl (C=O) groups excluding carboxylic acids is 1. The third-order valence-corrected chi connectivity index (χ3v) is 5.88. The molecule has 4 rings (SSSR count). The van der Waals surface area contributed by atoms with Gasteiger partial charge in [-0.15, -0.1) is 0 Å². The lowest BCUT2D eigenvalue weighted by Crippen LogP contribution is -2.41. The van der Waals surface area contributed by atoms with Gasteiger partial charge >= 0.3 is 0 Å². The molecule has 1 saturated heterocycles. The molecule has 9 heteroatoms. The van der Waals surface area contributed by atoms with E-state index in [1.807, 2.05) is 0 Å². The van der Waals surface area contributed by atoms with Crippen LogP contribution in [0.5, 0.6) is 0 Å². The zero-order chi connectivity index (χ0) is 24.8. The maximum absolute atomic E-state index is 13.6. The van der Waals surface area contributed by atoms with Gasteiger partial charge in [0.2, 0.25) is 0 Å². The van der Waals surface area contributed by atoms with Crippen molar-refractivity contribution >= 4 is 5.78 Å². The number of aromatic nitrogens is 2. The number of benzene rings is 2. The SMILES string of the molecule is O=C(CCC(O)CN1CCOCC1)c1cccc(Cn2nc(-c3cc(F)cc(F)c3)ccc2=O)c1. The average molecular weight is 484 g/mol. The lowest BCUT2D eigenvalue weighted by atomic mass is 10.0. The van der Waals surface area contributed by atoms with Gasteiger partial charge < -0.3 is 9.84 Å². The highest BCUT2D eigenvalue weighted by atomic mass is 19.1. The van der Waals surface area contributed by atoms with Crippen LogP contribution in [0, 0.1) is 11.6 Å². The van der Waals surface area contributed by atoms with Crippen molar-refractivity contribution in [3.63, 3.8) is 0 Å². The number of β-amino-alcohol motifs (C(OH)–C–C–N with tert-alkyl or cyclic N) is 1. The lowest BCUT2D eigenvalue weighted by Gasteiger charge is -2.28. The van der Waals surface area contributed by atoms with Gasteiger partial charge in [0.15, 0.2) is 5.78 Å². The van der Waals surface area contributed by atoms with Gasteiger partial charge in [0, 0.05) is 49.3 Å². The zero-order valence-electron chi connectivity index (χ0n) is 19.2. The molecule has 0 spiro atoms. The third kappa shape index (κ3) is 6.88. The first-order valence-electron chi connectivity index (χ1n) is 11.5. The summed E-state index contributed by atoms with van der Waals surface area (Å²) >= 11 is 0. The first-order valence-corrected chi connectivity index (χ1v) is 11.5. The average Bonchev–Trinajstić information content (AvgIpc) is 2.84. The number of carbonyl (C=O) groups is 1. The van der Waals surface area contributed by atoms with Gasteiger partial charge in [-0.1, -0.05) is 18.2 Å². The van der Waals surface area contributed by atoms with Gasteiger partial charge in [-0.3, -0.25) is 14.5 Å². The van der Waals surface area contributed by atoms with E-state index in [-0.39, 0.29) is 35.6 Å². The summed E-state index contributed by atoms with van der Waals surface area (Å²) in [6.45, 7) is 3.45. The maximum atomic E-state index is 13.6. The van der Waals surface area contributed by atoms with Crippen molar-refractivity contribution in [1.29, 1.82) is 0 Å². The molecule has 1 fully saturated rings. The maximum Gasteiger partial charge on any atom is 0.267 e.